The highest BCUT2D eigenvalue weighted by molar-refractivity contribution is 5.80. The number of carbonyl (C=O) groups is 1. The van der Waals surface area contributed by atoms with Crippen molar-refractivity contribution in [2.24, 2.45) is 5.92 Å². The Bertz CT molecular complexity index is 3250. The zero-order valence-corrected chi connectivity index (χ0v) is 37.7. The molecule has 8 nitrogen and oxygen atoms in total. The summed E-state index contributed by atoms with van der Waals surface area (Å²) in [5.74, 6) is 65.7. The van der Waals surface area contributed by atoms with Gasteiger partial charge < -0.3 is 14.7 Å². The SMILES string of the molecule is C#CC#CC#CC#CC#CC#CC#CC#CC#CC#CC#CC#CC#CC#CC.CC[C@](O)(c1cccc(OC(=O)C(C)c2ccc(-c3ccccc3)c(F)c2)c1)[C@H](C)CN(C)C.O=[N+]([O-])OF.[HH].[HH].[HH].[HH].[HH].[HH].[HH].[HH].[HH].[HH].[HH].[HH].[HH].[HH].[HH]. The van der Waals surface area contributed by atoms with Crippen LogP contribution in [0, 0.1) is 188 Å². The van der Waals surface area contributed by atoms with E-state index in [1.165, 1.54) is 6.07 Å². The first-order chi connectivity index (χ1) is 32.8. The van der Waals surface area contributed by atoms with E-state index in [0.717, 1.165) is 12.1 Å². The minimum atomic E-state index is -1.54. The summed E-state index contributed by atoms with van der Waals surface area (Å²) in [6.45, 7) is 8.07. The summed E-state index contributed by atoms with van der Waals surface area (Å²) in [5, 5.41) is 20.4. The van der Waals surface area contributed by atoms with Crippen molar-refractivity contribution in [2.75, 3.05) is 20.6 Å². The second kappa shape index (κ2) is 34.4. The van der Waals surface area contributed by atoms with Crippen LogP contribution in [0.4, 0.5) is 8.92 Å². The number of terminal acetylenes is 1. The van der Waals surface area contributed by atoms with E-state index in [4.69, 9.17) is 21.3 Å². The molecule has 1 N–H and O–H groups in total. The molecule has 0 fully saturated rings. The quantitative estimate of drug-likeness (QED) is 0.0710. The van der Waals surface area contributed by atoms with Gasteiger partial charge in [-0.15, -0.1) is 21.6 Å². The summed E-state index contributed by atoms with van der Waals surface area (Å²) < 4.78 is 30.4. The van der Waals surface area contributed by atoms with Gasteiger partial charge in [-0.2, -0.15) is 0 Å². The Morgan fingerprint density at radius 3 is 1.56 bits per heavy atom. The first-order valence-electron chi connectivity index (χ1n) is 19.7. The van der Waals surface area contributed by atoms with Crippen molar-refractivity contribution in [2.45, 2.75) is 45.6 Å². The third-order valence-electron chi connectivity index (χ3n) is 8.23. The molecule has 0 aliphatic carbocycles. The molecule has 360 valence electrons. The molecule has 0 aliphatic heterocycles. The maximum atomic E-state index is 14.8. The fourth-order valence-electron chi connectivity index (χ4n) is 5.18. The van der Waals surface area contributed by atoms with E-state index in [1.54, 1.807) is 44.2 Å². The van der Waals surface area contributed by atoms with E-state index < -0.39 is 22.6 Å². The lowest BCUT2D eigenvalue weighted by Crippen LogP contribution is -2.38. The molecule has 0 aliphatic rings. The standard InChI is InChI=1S/C29H34FNO3.C29H4.FNO3.15H2/c1-6-29(33,20(2)19-31(4)5)24-13-10-14-25(18-24)34-28(32)21(3)23-15-16-26(27(30)17-23)22-11-8-7-9-12-22;1-3-5-7-9-11-13-15-17-19-21-23-25-27-29-28-26-24-22-20-18-16-14-12-10-8-6-4-2;1-5-2(3)4;;;;;;;;;;;;;;;/h7-18,20-21,33H,6,19H2,1-5H3;1H,2H3;;15*1H/t20-,21?,29-;;;;;;;;;;;;;;;;;/m1................./s1. The van der Waals surface area contributed by atoms with Crippen molar-refractivity contribution in [3.8, 4) is 183 Å². The predicted octanol–water partition coefficient (Wildman–Crippen LogP) is 10.4. The molecule has 0 amide bonds. The molecule has 0 heterocycles. The van der Waals surface area contributed by atoms with Crippen LogP contribution in [-0.2, 0) is 15.4 Å². The smallest absolute Gasteiger partial charge is 0.326 e. The fourth-order valence-corrected chi connectivity index (χ4v) is 5.18. The average molecular weight is 927 g/mol. The van der Waals surface area contributed by atoms with Crippen LogP contribution in [0.3, 0.4) is 0 Å². The summed E-state index contributed by atoms with van der Waals surface area (Å²) in [7, 11) is 3.95. The molecule has 3 rings (SSSR count). The topological polar surface area (TPSA) is 102 Å². The van der Waals surface area contributed by atoms with Crippen LogP contribution in [-0.4, -0.2) is 41.7 Å². The Morgan fingerprint density at radius 1 is 0.735 bits per heavy atom. The maximum Gasteiger partial charge on any atom is 0.326 e. The van der Waals surface area contributed by atoms with Crippen molar-refractivity contribution >= 4 is 5.97 Å². The Labute approximate surface area is 420 Å². The number of esters is 1. The van der Waals surface area contributed by atoms with Crippen LogP contribution >= 0.6 is 0 Å². The third-order valence-corrected chi connectivity index (χ3v) is 8.23. The number of ether oxygens (including phenoxy) is 1. The fraction of sp³-hybridized carbons (Fsp3) is 0.190. The van der Waals surface area contributed by atoms with Crippen LogP contribution in [0.5, 0.6) is 5.75 Å². The second-order valence-corrected chi connectivity index (χ2v) is 13.0. The summed E-state index contributed by atoms with van der Waals surface area (Å²) in [4.78, 5) is 23.5. The molecular formula is C58H68F2N2O6. The van der Waals surface area contributed by atoms with Crippen LogP contribution in [0.2, 0.25) is 0 Å². The zero-order valence-electron chi connectivity index (χ0n) is 37.7. The minimum absolute atomic E-state index is 0. The number of halogens is 2. The van der Waals surface area contributed by atoms with E-state index in [2.05, 4.69) is 160 Å². The lowest BCUT2D eigenvalue weighted by molar-refractivity contribution is -0.819. The number of hydrogen-bond acceptors (Lipinski definition) is 7. The molecule has 3 aromatic rings. The largest absolute Gasteiger partial charge is 0.426 e. The molecule has 0 saturated heterocycles. The molecule has 0 saturated carbocycles. The Kier molecular flexibility index (Phi) is 28.3. The summed E-state index contributed by atoms with van der Waals surface area (Å²) >= 11 is 0. The molecular weight excluding hydrogens is 859 g/mol. The highest BCUT2D eigenvalue weighted by Gasteiger charge is 2.34. The lowest BCUT2D eigenvalue weighted by atomic mass is 9.80. The van der Waals surface area contributed by atoms with Crippen LogP contribution < -0.4 is 4.74 Å². The number of rotatable bonds is 10. The Hall–Kier alpha value is -10.1. The highest BCUT2D eigenvalue weighted by Crippen LogP contribution is 2.35. The van der Waals surface area contributed by atoms with Gasteiger partial charge in [-0.25, -0.2) is 4.39 Å². The average Bonchev–Trinajstić information content (AvgIpc) is 3.34. The third kappa shape index (κ3) is 24.0. The number of hydrogen-bond donors (Lipinski definition) is 1. The maximum absolute atomic E-state index is 14.8. The van der Waals surface area contributed by atoms with Gasteiger partial charge in [0.25, 0.3) is 0 Å². The number of benzene rings is 3. The predicted molar refractivity (Wildman–Crippen MR) is 291 cm³/mol. The molecule has 1 unspecified atom stereocenters. The molecule has 10 heteroatoms. The van der Waals surface area contributed by atoms with Gasteiger partial charge in [0, 0.05) is 98.6 Å². The van der Waals surface area contributed by atoms with E-state index >= 15 is 0 Å². The highest BCUT2D eigenvalue weighted by atomic mass is 19.3. The Balaban J connectivity index is -0.0000000682. The van der Waals surface area contributed by atoms with Gasteiger partial charge in [0.05, 0.1) is 11.5 Å². The molecule has 0 aromatic heterocycles. The molecule has 0 bridgehead atoms. The van der Waals surface area contributed by atoms with Gasteiger partial charge >= 0.3 is 11.1 Å². The number of nitrogens with zero attached hydrogens (tertiary/aromatic N) is 2. The summed E-state index contributed by atoms with van der Waals surface area (Å²) in [5.41, 5.74) is 1.48. The minimum Gasteiger partial charge on any atom is -0.426 e. The van der Waals surface area contributed by atoms with Crippen molar-refractivity contribution in [1.29, 1.82) is 0 Å². The lowest BCUT2D eigenvalue weighted by Gasteiger charge is -2.35. The van der Waals surface area contributed by atoms with Gasteiger partial charge in [0.1, 0.15) is 11.6 Å². The second-order valence-electron chi connectivity index (χ2n) is 13.0. The van der Waals surface area contributed by atoms with E-state index in [1.807, 2.05) is 74.3 Å². The monoisotopic (exact) mass is 927 g/mol. The molecule has 0 spiro atoms. The summed E-state index contributed by atoms with van der Waals surface area (Å²) in [6.07, 6.45) is 5.45. The Morgan fingerprint density at radius 2 is 1.18 bits per heavy atom. The van der Waals surface area contributed by atoms with E-state index in [-0.39, 0.29) is 33.1 Å². The normalized spacial score (nSPS) is 9.60. The van der Waals surface area contributed by atoms with Gasteiger partial charge in [0.2, 0.25) is 0 Å². The van der Waals surface area contributed by atoms with Crippen molar-refractivity contribution < 1.29 is 55.1 Å². The van der Waals surface area contributed by atoms with Gasteiger partial charge in [0.15, 0.2) is 0 Å². The molecule has 68 heavy (non-hydrogen) atoms. The van der Waals surface area contributed by atoms with Gasteiger partial charge in [-0.3, -0.25) is 4.79 Å². The van der Waals surface area contributed by atoms with Crippen molar-refractivity contribution in [1.82, 2.24) is 4.90 Å². The number of carbonyl (C=O) groups excluding carboxylic acids is 1. The first-order valence-corrected chi connectivity index (χ1v) is 19.7. The van der Waals surface area contributed by atoms with Crippen molar-refractivity contribution in [3.63, 3.8) is 0 Å². The van der Waals surface area contributed by atoms with E-state index in [9.17, 15) is 18.8 Å². The molecule has 0 radical (unpaired) electrons. The molecule has 3 aromatic carbocycles. The van der Waals surface area contributed by atoms with Gasteiger partial charge in [-0.1, -0.05) is 74.4 Å². The van der Waals surface area contributed by atoms with Crippen LogP contribution in [0.25, 0.3) is 11.1 Å². The van der Waals surface area contributed by atoms with E-state index in [0.29, 0.717) is 28.9 Å². The van der Waals surface area contributed by atoms with Crippen LogP contribution in [0.15, 0.2) is 72.8 Å². The number of aliphatic hydroxyl groups is 1. The first kappa shape index (κ1) is 56.0. The molecule has 3 atom stereocenters. The summed E-state index contributed by atoms with van der Waals surface area (Å²) in [6, 6.07) is 21.2. The zero-order chi connectivity index (χ0) is 50.3. The van der Waals surface area contributed by atoms with Crippen LogP contribution in [0.1, 0.15) is 72.6 Å². The van der Waals surface area contributed by atoms with Crippen molar-refractivity contribution in [3.05, 3.63) is 99.9 Å². The van der Waals surface area contributed by atoms with Gasteiger partial charge in [-0.05, 0) is 169 Å².